The molecular formula is C16H21N3O. The Balaban J connectivity index is 1.98. The van der Waals surface area contributed by atoms with E-state index in [0.29, 0.717) is 0 Å². The summed E-state index contributed by atoms with van der Waals surface area (Å²) in [6, 6.07) is 10.3. The zero-order chi connectivity index (χ0) is 14.0. The maximum absolute atomic E-state index is 6.02. The number of benzene rings is 1. The van der Waals surface area contributed by atoms with Crippen molar-refractivity contribution < 1.29 is 4.74 Å². The summed E-state index contributed by atoms with van der Waals surface area (Å²) in [6.45, 7) is 2.94. The summed E-state index contributed by atoms with van der Waals surface area (Å²) in [7, 11) is 0. The Morgan fingerprint density at radius 2 is 2.25 bits per heavy atom. The molecule has 0 spiro atoms. The minimum atomic E-state index is -0.255. The number of pyridine rings is 1. The standard InChI is InChI=1S/C16H21N3O/c1-16(8-2-3-10-20-16)15(19-17)13-7-6-12-5-4-9-18-14(12)11-13/h4-7,9,11,15,19H,2-3,8,10,17H2,1H3. The summed E-state index contributed by atoms with van der Waals surface area (Å²) in [5.41, 5.74) is 4.80. The van der Waals surface area contributed by atoms with Gasteiger partial charge in [-0.05, 0) is 43.9 Å². The number of hydrazine groups is 1. The van der Waals surface area contributed by atoms with Gasteiger partial charge in [0.2, 0.25) is 0 Å². The second-order valence-corrected chi connectivity index (χ2v) is 5.67. The summed E-state index contributed by atoms with van der Waals surface area (Å²) in [6.07, 6.45) is 5.14. The number of rotatable bonds is 3. The first-order valence-electron chi connectivity index (χ1n) is 7.18. The molecule has 1 aromatic heterocycles. The van der Waals surface area contributed by atoms with E-state index >= 15 is 0 Å². The fraction of sp³-hybridized carbons (Fsp3) is 0.438. The molecule has 0 saturated carbocycles. The Hall–Kier alpha value is -1.49. The van der Waals surface area contributed by atoms with Crippen LogP contribution in [0, 0.1) is 0 Å². The highest BCUT2D eigenvalue weighted by atomic mass is 16.5. The highest BCUT2D eigenvalue weighted by molar-refractivity contribution is 5.79. The monoisotopic (exact) mass is 271 g/mol. The molecule has 4 nitrogen and oxygen atoms in total. The summed E-state index contributed by atoms with van der Waals surface area (Å²) in [5.74, 6) is 5.81. The van der Waals surface area contributed by atoms with Crippen molar-refractivity contribution in [1.29, 1.82) is 0 Å². The Morgan fingerprint density at radius 1 is 1.35 bits per heavy atom. The van der Waals surface area contributed by atoms with E-state index in [1.54, 1.807) is 0 Å². The third kappa shape index (κ3) is 2.42. The van der Waals surface area contributed by atoms with Crippen molar-refractivity contribution in [3.8, 4) is 0 Å². The van der Waals surface area contributed by atoms with Crippen LogP contribution >= 0.6 is 0 Å². The molecule has 20 heavy (non-hydrogen) atoms. The smallest absolute Gasteiger partial charge is 0.0861 e. The SMILES string of the molecule is CC1(C(NN)c2ccc3cccnc3c2)CCCCO1. The van der Waals surface area contributed by atoms with Crippen LogP contribution in [0.25, 0.3) is 10.9 Å². The largest absolute Gasteiger partial charge is 0.373 e. The quantitative estimate of drug-likeness (QED) is 0.665. The number of nitrogens with zero attached hydrogens (tertiary/aromatic N) is 1. The molecule has 0 amide bonds. The van der Waals surface area contributed by atoms with Crippen LogP contribution in [0.2, 0.25) is 0 Å². The lowest BCUT2D eigenvalue weighted by Gasteiger charge is -2.40. The molecule has 106 valence electrons. The van der Waals surface area contributed by atoms with Gasteiger partial charge in [0.15, 0.2) is 0 Å². The summed E-state index contributed by atoms with van der Waals surface area (Å²) >= 11 is 0. The van der Waals surface area contributed by atoms with Gasteiger partial charge >= 0.3 is 0 Å². The Morgan fingerprint density at radius 3 is 3.00 bits per heavy atom. The average molecular weight is 271 g/mol. The minimum Gasteiger partial charge on any atom is -0.373 e. The van der Waals surface area contributed by atoms with Gasteiger partial charge < -0.3 is 4.74 Å². The van der Waals surface area contributed by atoms with Crippen molar-refractivity contribution in [2.24, 2.45) is 5.84 Å². The number of fused-ring (bicyclic) bond motifs is 1. The zero-order valence-corrected chi connectivity index (χ0v) is 11.8. The van der Waals surface area contributed by atoms with Crippen LogP contribution in [0.1, 0.15) is 37.8 Å². The van der Waals surface area contributed by atoms with Crippen molar-refractivity contribution in [3.63, 3.8) is 0 Å². The second kappa shape index (κ2) is 5.48. The average Bonchev–Trinajstić information content (AvgIpc) is 2.48. The van der Waals surface area contributed by atoms with Gasteiger partial charge in [-0.3, -0.25) is 16.3 Å². The van der Waals surface area contributed by atoms with E-state index in [0.717, 1.165) is 35.9 Å². The van der Waals surface area contributed by atoms with Gasteiger partial charge in [0, 0.05) is 18.2 Å². The predicted octanol–water partition coefficient (Wildman–Crippen LogP) is 2.70. The maximum Gasteiger partial charge on any atom is 0.0861 e. The van der Waals surface area contributed by atoms with Crippen molar-refractivity contribution in [1.82, 2.24) is 10.4 Å². The van der Waals surface area contributed by atoms with Crippen molar-refractivity contribution in [3.05, 3.63) is 42.1 Å². The van der Waals surface area contributed by atoms with Crippen LogP contribution < -0.4 is 11.3 Å². The van der Waals surface area contributed by atoms with Crippen LogP contribution in [-0.2, 0) is 4.74 Å². The predicted molar refractivity (Wildman–Crippen MR) is 80.0 cm³/mol. The van der Waals surface area contributed by atoms with Gasteiger partial charge in [0.1, 0.15) is 0 Å². The molecule has 1 aliphatic heterocycles. The van der Waals surface area contributed by atoms with E-state index in [-0.39, 0.29) is 11.6 Å². The summed E-state index contributed by atoms with van der Waals surface area (Å²) < 4.78 is 6.02. The second-order valence-electron chi connectivity index (χ2n) is 5.67. The first-order valence-corrected chi connectivity index (χ1v) is 7.18. The number of hydrogen-bond acceptors (Lipinski definition) is 4. The molecule has 0 bridgehead atoms. The van der Waals surface area contributed by atoms with Crippen LogP contribution in [0.3, 0.4) is 0 Å². The fourth-order valence-electron chi connectivity index (χ4n) is 3.07. The number of aromatic nitrogens is 1. The normalized spacial score (nSPS) is 24.7. The molecule has 3 N–H and O–H groups in total. The topological polar surface area (TPSA) is 60.2 Å². The Kier molecular flexibility index (Phi) is 3.70. The van der Waals surface area contributed by atoms with Crippen molar-refractivity contribution in [2.75, 3.05) is 6.61 Å². The highest BCUT2D eigenvalue weighted by Crippen LogP contribution is 2.36. The summed E-state index contributed by atoms with van der Waals surface area (Å²) in [4.78, 5) is 4.42. The first-order chi connectivity index (χ1) is 9.73. The van der Waals surface area contributed by atoms with Gasteiger partial charge in [0.25, 0.3) is 0 Å². The molecule has 0 aliphatic carbocycles. The lowest BCUT2D eigenvalue weighted by molar-refractivity contribution is -0.0898. The molecule has 2 aromatic rings. The molecular weight excluding hydrogens is 250 g/mol. The highest BCUT2D eigenvalue weighted by Gasteiger charge is 2.37. The number of nitrogens with one attached hydrogen (secondary N) is 1. The third-order valence-corrected chi connectivity index (χ3v) is 4.24. The Bertz CT molecular complexity index is 593. The lowest BCUT2D eigenvalue weighted by atomic mass is 9.84. The number of nitrogens with two attached hydrogens (primary N) is 1. The van der Waals surface area contributed by atoms with Crippen LogP contribution in [-0.4, -0.2) is 17.2 Å². The molecule has 3 rings (SSSR count). The van der Waals surface area contributed by atoms with Crippen LogP contribution in [0.5, 0.6) is 0 Å². The maximum atomic E-state index is 6.02. The molecule has 2 heterocycles. The van der Waals surface area contributed by atoms with E-state index in [1.807, 2.05) is 12.3 Å². The van der Waals surface area contributed by atoms with Gasteiger partial charge in [-0.25, -0.2) is 0 Å². The van der Waals surface area contributed by atoms with Crippen LogP contribution in [0.15, 0.2) is 36.5 Å². The van der Waals surface area contributed by atoms with E-state index in [2.05, 4.69) is 41.6 Å². The fourth-order valence-corrected chi connectivity index (χ4v) is 3.07. The van der Waals surface area contributed by atoms with E-state index in [1.165, 1.54) is 6.42 Å². The molecule has 2 atom stereocenters. The van der Waals surface area contributed by atoms with Crippen molar-refractivity contribution >= 4 is 10.9 Å². The van der Waals surface area contributed by atoms with Gasteiger partial charge in [-0.15, -0.1) is 0 Å². The van der Waals surface area contributed by atoms with Crippen molar-refractivity contribution in [2.45, 2.75) is 37.8 Å². The van der Waals surface area contributed by atoms with Crippen LogP contribution in [0.4, 0.5) is 0 Å². The Labute approximate surface area is 119 Å². The molecule has 1 aromatic carbocycles. The molecule has 1 fully saturated rings. The minimum absolute atomic E-state index is 0.0193. The molecule has 2 unspecified atom stereocenters. The van der Waals surface area contributed by atoms with Gasteiger partial charge in [0.05, 0.1) is 17.2 Å². The molecule has 1 aliphatic rings. The lowest BCUT2D eigenvalue weighted by Crippen LogP contribution is -2.48. The molecule has 0 radical (unpaired) electrons. The van der Waals surface area contributed by atoms with E-state index in [9.17, 15) is 0 Å². The molecule has 1 saturated heterocycles. The van der Waals surface area contributed by atoms with Gasteiger partial charge in [-0.1, -0.05) is 18.2 Å². The van der Waals surface area contributed by atoms with Gasteiger partial charge in [-0.2, -0.15) is 0 Å². The first kappa shape index (κ1) is 13.5. The van der Waals surface area contributed by atoms with E-state index in [4.69, 9.17) is 10.6 Å². The summed E-state index contributed by atoms with van der Waals surface area (Å²) in [5, 5.41) is 1.14. The number of hydrogen-bond donors (Lipinski definition) is 2. The number of ether oxygens (including phenoxy) is 1. The third-order valence-electron chi connectivity index (χ3n) is 4.24. The molecule has 4 heteroatoms. The van der Waals surface area contributed by atoms with E-state index < -0.39 is 0 Å². The zero-order valence-electron chi connectivity index (χ0n) is 11.8.